The first-order valence-electron chi connectivity index (χ1n) is 6.96. The molecule has 0 unspecified atom stereocenters. The fraction of sp³-hybridized carbons (Fsp3) is 0.357. The smallest absolute Gasteiger partial charge is 0.319 e. The number of aliphatic hydroxyl groups is 1. The van der Waals surface area contributed by atoms with Crippen LogP contribution in [-0.4, -0.2) is 34.4 Å². The second-order valence-electron chi connectivity index (χ2n) is 5.03. The lowest BCUT2D eigenvalue weighted by Crippen LogP contribution is -2.31. The van der Waals surface area contributed by atoms with E-state index in [0.717, 1.165) is 12.8 Å². The second kappa shape index (κ2) is 6.10. The predicted octanol–water partition coefficient (Wildman–Crippen LogP) is 1.87. The second-order valence-corrected chi connectivity index (χ2v) is 5.03. The zero-order chi connectivity index (χ0) is 15.5. The van der Waals surface area contributed by atoms with Crippen LogP contribution < -0.4 is 10.6 Å². The van der Waals surface area contributed by atoms with Gasteiger partial charge in [-0.2, -0.15) is 4.98 Å². The third-order valence-electron chi connectivity index (χ3n) is 3.24. The first-order chi connectivity index (χ1) is 10.7. The quantitative estimate of drug-likeness (QED) is 0.783. The largest absolute Gasteiger partial charge is 0.395 e. The Labute approximate surface area is 125 Å². The summed E-state index contributed by atoms with van der Waals surface area (Å²) in [5, 5.41) is 17.6. The minimum atomic E-state index is -0.510. The number of benzene rings is 1. The summed E-state index contributed by atoms with van der Waals surface area (Å²) in [6.45, 7) is -0.0488. The highest BCUT2D eigenvalue weighted by Crippen LogP contribution is 2.39. The van der Waals surface area contributed by atoms with Gasteiger partial charge in [0.2, 0.25) is 0 Å². The number of hydrogen-bond acceptors (Lipinski definition) is 5. The van der Waals surface area contributed by atoms with Gasteiger partial charge in [0.15, 0.2) is 5.82 Å². The molecule has 0 bridgehead atoms. The molecule has 0 saturated heterocycles. The van der Waals surface area contributed by atoms with Crippen molar-refractivity contribution in [2.24, 2.45) is 0 Å². The number of anilines is 1. The highest BCUT2D eigenvalue weighted by Gasteiger charge is 2.29. The first kappa shape index (κ1) is 14.5. The molecule has 0 aliphatic heterocycles. The molecule has 22 heavy (non-hydrogen) atoms. The van der Waals surface area contributed by atoms with Gasteiger partial charge in [-0.05, 0) is 31.0 Å². The zero-order valence-corrected chi connectivity index (χ0v) is 11.7. The van der Waals surface area contributed by atoms with E-state index in [1.165, 1.54) is 18.2 Å². The van der Waals surface area contributed by atoms with Gasteiger partial charge in [-0.1, -0.05) is 5.16 Å². The van der Waals surface area contributed by atoms with Crippen molar-refractivity contribution in [3.63, 3.8) is 0 Å². The summed E-state index contributed by atoms with van der Waals surface area (Å²) in [5.41, 5.74) is 0.668. The average Bonchev–Trinajstić information content (AvgIpc) is 3.25. The number of rotatable bonds is 5. The number of halogens is 1. The highest BCUT2D eigenvalue weighted by molar-refractivity contribution is 5.93. The Bertz CT molecular complexity index is 684. The van der Waals surface area contributed by atoms with Gasteiger partial charge in [0.1, 0.15) is 5.82 Å². The van der Waals surface area contributed by atoms with E-state index < -0.39 is 11.8 Å². The third kappa shape index (κ3) is 3.22. The summed E-state index contributed by atoms with van der Waals surface area (Å²) in [4.78, 5) is 15.9. The molecule has 1 saturated carbocycles. The molecule has 1 aromatic carbocycles. The van der Waals surface area contributed by atoms with Crippen LogP contribution >= 0.6 is 0 Å². The van der Waals surface area contributed by atoms with Gasteiger partial charge in [0.05, 0.1) is 17.9 Å². The van der Waals surface area contributed by atoms with Gasteiger partial charge >= 0.3 is 6.03 Å². The van der Waals surface area contributed by atoms with Gasteiger partial charge in [0, 0.05) is 12.5 Å². The molecule has 3 rings (SSSR count). The zero-order valence-electron chi connectivity index (χ0n) is 11.7. The molecule has 1 heterocycles. The molecule has 0 spiro atoms. The molecule has 1 fully saturated rings. The Morgan fingerprint density at radius 2 is 2.27 bits per heavy atom. The van der Waals surface area contributed by atoms with Crippen LogP contribution in [0.4, 0.5) is 14.9 Å². The normalized spacial score (nSPS) is 13.9. The fourth-order valence-corrected chi connectivity index (χ4v) is 1.99. The number of aromatic nitrogens is 2. The van der Waals surface area contributed by atoms with Crippen molar-refractivity contribution in [3.8, 4) is 11.5 Å². The van der Waals surface area contributed by atoms with Crippen molar-refractivity contribution in [2.75, 3.05) is 18.5 Å². The van der Waals surface area contributed by atoms with Gasteiger partial charge in [-0.15, -0.1) is 0 Å². The van der Waals surface area contributed by atoms with E-state index in [1.807, 2.05) is 0 Å². The molecule has 2 amide bonds. The summed E-state index contributed by atoms with van der Waals surface area (Å²) in [6, 6.07) is 3.36. The molecule has 0 radical (unpaired) electrons. The summed E-state index contributed by atoms with van der Waals surface area (Å²) >= 11 is 0. The number of aliphatic hydroxyl groups excluding tert-OH is 1. The van der Waals surface area contributed by atoms with Crippen LogP contribution in [0.5, 0.6) is 0 Å². The molecule has 2 aromatic rings. The SMILES string of the molecule is O=C(NCCO)Nc1ccc(F)cc1-c1nc(C2CC2)no1. The fourth-order valence-electron chi connectivity index (χ4n) is 1.99. The molecule has 3 N–H and O–H groups in total. The lowest BCUT2D eigenvalue weighted by atomic mass is 10.1. The first-order valence-corrected chi connectivity index (χ1v) is 6.96. The summed E-state index contributed by atoms with van der Waals surface area (Å²) < 4.78 is 18.7. The topological polar surface area (TPSA) is 100 Å². The minimum Gasteiger partial charge on any atom is -0.395 e. The van der Waals surface area contributed by atoms with E-state index in [0.29, 0.717) is 23.0 Å². The van der Waals surface area contributed by atoms with E-state index in [2.05, 4.69) is 20.8 Å². The maximum atomic E-state index is 13.5. The Hall–Kier alpha value is -2.48. The molecule has 1 aliphatic carbocycles. The van der Waals surface area contributed by atoms with Gasteiger partial charge in [0.25, 0.3) is 5.89 Å². The maximum Gasteiger partial charge on any atom is 0.319 e. The number of carbonyl (C=O) groups excluding carboxylic acids is 1. The molecule has 116 valence electrons. The average molecular weight is 306 g/mol. The highest BCUT2D eigenvalue weighted by atomic mass is 19.1. The minimum absolute atomic E-state index is 0.120. The van der Waals surface area contributed by atoms with E-state index in [4.69, 9.17) is 9.63 Å². The molecular formula is C14H15FN4O3. The van der Waals surface area contributed by atoms with Crippen molar-refractivity contribution in [2.45, 2.75) is 18.8 Å². The number of nitrogens with zero attached hydrogens (tertiary/aromatic N) is 2. The number of nitrogens with one attached hydrogen (secondary N) is 2. The van der Waals surface area contributed by atoms with Crippen LogP contribution in [0.2, 0.25) is 0 Å². The number of hydrogen-bond donors (Lipinski definition) is 3. The van der Waals surface area contributed by atoms with E-state index in [1.54, 1.807) is 0 Å². The van der Waals surface area contributed by atoms with Crippen LogP contribution in [0.15, 0.2) is 22.7 Å². The van der Waals surface area contributed by atoms with Crippen LogP contribution in [0.25, 0.3) is 11.5 Å². The lowest BCUT2D eigenvalue weighted by molar-refractivity contribution is 0.245. The van der Waals surface area contributed by atoms with Crippen LogP contribution in [-0.2, 0) is 0 Å². The van der Waals surface area contributed by atoms with Gasteiger partial charge in [-0.25, -0.2) is 9.18 Å². The van der Waals surface area contributed by atoms with E-state index in [-0.39, 0.29) is 19.0 Å². The van der Waals surface area contributed by atoms with Crippen LogP contribution in [0.3, 0.4) is 0 Å². The number of urea groups is 1. The number of amides is 2. The van der Waals surface area contributed by atoms with Crippen molar-refractivity contribution in [1.82, 2.24) is 15.5 Å². The maximum absolute atomic E-state index is 13.5. The monoisotopic (exact) mass is 306 g/mol. The Kier molecular flexibility index (Phi) is 4.01. The standard InChI is InChI=1S/C14H15FN4O3/c15-9-3-4-11(17-14(21)16-5-6-20)10(7-9)13-18-12(19-22-13)8-1-2-8/h3-4,7-8,20H,1-2,5-6H2,(H2,16,17,21). The molecule has 0 atom stereocenters. The van der Waals surface area contributed by atoms with Crippen LogP contribution in [0, 0.1) is 5.82 Å². The molecule has 7 nitrogen and oxygen atoms in total. The van der Waals surface area contributed by atoms with Crippen molar-refractivity contribution in [1.29, 1.82) is 0 Å². The Balaban J connectivity index is 1.84. The van der Waals surface area contributed by atoms with Gasteiger partial charge in [-0.3, -0.25) is 0 Å². The summed E-state index contributed by atoms with van der Waals surface area (Å²) in [7, 11) is 0. The van der Waals surface area contributed by atoms with Crippen molar-refractivity contribution in [3.05, 3.63) is 29.8 Å². The summed E-state index contributed by atoms with van der Waals surface area (Å²) in [5.74, 6) is 0.617. The van der Waals surface area contributed by atoms with Crippen molar-refractivity contribution >= 4 is 11.7 Å². The van der Waals surface area contributed by atoms with E-state index >= 15 is 0 Å². The number of carbonyl (C=O) groups is 1. The third-order valence-corrected chi connectivity index (χ3v) is 3.24. The molecule has 1 aliphatic rings. The van der Waals surface area contributed by atoms with Gasteiger partial charge < -0.3 is 20.3 Å². The Morgan fingerprint density at radius 1 is 1.45 bits per heavy atom. The molecule has 1 aromatic heterocycles. The predicted molar refractivity (Wildman–Crippen MR) is 75.8 cm³/mol. The van der Waals surface area contributed by atoms with E-state index in [9.17, 15) is 9.18 Å². The van der Waals surface area contributed by atoms with Crippen molar-refractivity contribution < 1.29 is 18.8 Å². The van der Waals surface area contributed by atoms with Crippen LogP contribution in [0.1, 0.15) is 24.6 Å². The molecule has 8 heteroatoms. The molecular weight excluding hydrogens is 291 g/mol. The Morgan fingerprint density at radius 3 is 3.00 bits per heavy atom. The lowest BCUT2D eigenvalue weighted by Gasteiger charge is -2.09. The summed E-state index contributed by atoms with van der Waals surface area (Å²) in [6.07, 6.45) is 2.05.